The third-order valence-corrected chi connectivity index (χ3v) is 5.31. The van der Waals surface area contributed by atoms with E-state index >= 15 is 0 Å². The lowest BCUT2D eigenvalue weighted by Crippen LogP contribution is -2.15. The number of para-hydroxylation sites is 1. The van der Waals surface area contributed by atoms with E-state index in [1.807, 2.05) is 91.0 Å². The zero-order valence-corrected chi connectivity index (χ0v) is 17.4. The number of benzene rings is 4. The van der Waals surface area contributed by atoms with Crippen LogP contribution in [0.4, 0.5) is 5.69 Å². The predicted octanol–water partition coefficient (Wildman–Crippen LogP) is 6.36. The number of ether oxygens (including phenoxy) is 1. The van der Waals surface area contributed by atoms with Crippen LogP contribution < -0.4 is 10.1 Å². The van der Waals surface area contributed by atoms with Crippen LogP contribution in [0.15, 0.2) is 95.5 Å². The first-order chi connectivity index (χ1) is 14.2. The number of nitrogens with one attached hydrogen (secondary N) is 1. The highest BCUT2D eigenvalue weighted by molar-refractivity contribution is 9.10. The van der Waals surface area contributed by atoms with E-state index in [9.17, 15) is 4.79 Å². The molecule has 0 saturated heterocycles. The minimum absolute atomic E-state index is 0.0796. The number of amides is 1. The summed E-state index contributed by atoms with van der Waals surface area (Å²) in [5, 5.41) is 5.17. The molecule has 1 N–H and O–H groups in total. The predicted molar refractivity (Wildman–Crippen MR) is 121 cm³/mol. The molecule has 144 valence electrons. The zero-order chi connectivity index (χ0) is 20.1. The third-order valence-electron chi connectivity index (χ3n) is 4.69. The van der Waals surface area contributed by atoms with Crippen molar-refractivity contribution < 1.29 is 9.53 Å². The maximum atomic E-state index is 12.8. The van der Waals surface area contributed by atoms with Gasteiger partial charge < -0.3 is 10.1 Å². The van der Waals surface area contributed by atoms with E-state index < -0.39 is 0 Å². The van der Waals surface area contributed by atoms with Crippen LogP contribution in [0.1, 0.15) is 11.1 Å². The maximum Gasteiger partial charge on any atom is 0.228 e. The van der Waals surface area contributed by atoms with E-state index in [0.29, 0.717) is 12.4 Å². The molecule has 3 nitrogen and oxygen atoms in total. The Morgan fingerprint density at radius 3 is 2.41 bits per heavy atom. The van der Waals surface area contributed by atoms with Crippen molar-refractivity contribution >= 4 is 38.3 Å². The highest BCUT2D eigenvalue weighted by Crippen LogP contribution is 2.31. The molecular formula is C25H20BrNO2. The van der Waals surface area contributed by atoms with Gasteiger partial charge in [-0.2, -0.15) is 0 Å². The number of fused-ring (bicyclic) bond motifs is 1. The Balaban J connectivity index is 1.51. The van der Waals surface area contributed by atoms with Gasteiger partial charge in [-0.3, -0.25) is 4.79 Å². The monoisotopic (exact) mass is 445 g/mol. The van der Waals surface area contributed by atoms with E-state index in [-0.39, 0.29) is 12.3 Å². The molecule has 0 bridgehead atoms. The molecule has 0 aliphatic carbocycles. The van der Waals surface area contributed by atoms with E-state index in [2.05, 4.69) is 21.2 Å². The lowest BCUT2D eigenvalue weighted by molar-refractivity contribution is -0.115. The van der Waals surface area contributed by atoms with Gasteiger partial charge in [-0.1, -0.05) is 78.9 Å². The number of hydrogen-bond donors (Lipinski definition) is 1. The lowest BCUT2D eigenvalue weighted by Gasteiger charge is -2.14. The fourth-order valence-electron chi connectivity index (χ4n) is 3.29. The highest BCUT2D eigenvalue weighted by atomic mass is 79.9. The third kappa shape index (κ3) is 4.66. The van der Waals surface area contributed by atoms with Crippen molar-refractivity contribution in [2.24, 2.45) is 0 Å². The molecule has 4 aromatic carbocycles. The molecular weight excluding hydrogens is 426 g/mol. The lowest BCUT2D eigenvalue weighted by atomic mass is 10.1. The first-order valence-corrected chi connectivity index (χ1v) is 10.2. The second-order valence-corrected chi connectivity index (χ2v) is 7.61. The number of anilines is 1. The minimum Gasteiger partial charge on any atom is -0.487 e. The number of halogens is 1. The van der Waals surface area contributed by atoms with Gasteiger partial charge in [0.1, 0.15) is 12.4 Å². The van der Waals surface area contributed by atoms with E-state index in [4.69, 9.17) is 4.74 Å². The Bertz CT molecular complexity index is 1140. The minimum atomic E-state index is -0.0796. The van der Waals surface area contributed by atoms with Gasteiger partial charge in [-0.05, 0) is 39.0 Å². The summed E-state index contributed by atoms with van der Waals surface area (Å²) in [6, 6.07) is 29.7. The summed E-state index contributed by atoms with van der Waals surface area (Å²) in [6.45, 7) is 0.446. The van der Waals surface area contributed by atoms with Crippen molar-refractivity contribution in [2.45, 2.75) is 13.0 Å². The molecule has 0 aromatic heterocycles. The van der Waals surface area contributed by atoms with Crippen LogP contribution in [0.3, 0.4) is 0 Å². The first kappa shape index (κ1) is 19.2. The summed E-state index contributed by atoms with van der Waals surface area (Å²) >= 11 is 3.55. The first-order valence-electron chi connectivity index (χ1n) is 9.42. The van der Waals surface area contributed by atoms with Gasteiger partial charge in [0.25, 0.3) is 0 Å². The average Bonchev–Trinajstić information content (AvgIpc) is 2.74. The van der Waals surface area contributed by atoms with Gasteiger partial charge in [-0.25, -0.2) is 0 Å². The van der Waals surface area contributed by atoms with Crippen LogP contribution >= 0.6 is 15.9 Å². The van der Waals surface area contributed by atoms with Gasteiger partial charge in [0, 0.05) is 16.6 Å². The second-order valence-electron chi connectivity index (χ2n) is 6.75. The Hall–Kier alpha value is -3.11. The molecule has 0 heterocycles. The van der Waals surface area contributed by atoms with Gasteiger partial charge in [0.05, 0.1) is 10.9 Å². The topological polar surface area (TPSA) is 38.3 Å². The molecule has 0 saturated carbocycles. The summed E-state index contributed by atoms with van der Waals surface area (Å²) < 4.78 is 6.89. The summed E-state index contributed by atoms with van der Waals surface area (Å²) in [7, 11) is 0. The van der Waals surface area contributed by atoms with Gasteiger partial charge in [0.15, 0.2) is 0 Å². The molecule has 1 amide bonds. The molecule has 0 radical (unpaired) electrons. The van der Waals surface area contributed by atoms with Crippen molar-refractivity contribution in [1.82, 2.24) is 0 Å². The zero-order valence-electron chi connectivity index (χ0n) is 15.8. The van der Waals surface area contributed by atoms with Crippen LogP contribution in [-0.4, -0.2) is 5.91 Å². The summed E-state index contributed by atoms with van der Waals surface area (Å²) in [6.07, 6.45) is 0.229. The largest absolute Gasteiger partial charge is 0.487 e. The molecule has 4 rings (SSSR count). The fraction of sp³-hybridized carbons (Fsp3) is 0.0800. The van der Waals surface area contributed by atoms with Gasteiger partial charge in [-0.15, -0.1) is 0 Å². The molecule has 0 fully saturated rings. The van der Waals surface area contributed by atoms with Gasteiger partial charge >= 0.3 is 0 Å². The van der Waals surface area contributed by atoms with E-state index in [1.165, 1.54) is 0 Å². The summed E-state index contributed by atoms with van der Waals surface area (Å²) in [4.78, 5) is 12.8. The normalized spacial score (nSPS) is 10.7. The van der Waals surface area contributed by atoms with Crippen molar-refractivity contribution in [2.75, 3.05) is 5.32 Å². The molecule has 29 heavy (non-hydrogen) atoms. The van der Waals surface area contributed by atoms with Crippen LogP contribution in [0, 0.1) is 0 Å². The Kier molecular flexibility index (Phi) is 5.92. The molecule has 4 aromatic rings. The van der Waals surface area contributed by atoms with Crippen LogP contribution in [-0.2, 0) is 17.8 Å². The van der Waals surface area contributed by atoms with E-state index in [0.717, 1.165) is 32.1 Å². The molecule has 0 unspecified atom stereocenters. The SMILES string of the molecule is O=C(Cc1cccc(Br)c1OCc1ccccc1)Nc1cccc2ccccc12. The van der Waals surface area contributed by atoms with Crippen LogP contribution in [0.25, 0.3) is 10.8 Å². The fourth-order valence-corrected chi connectivity index (χ4v) is 3.81. The van der Waals surface area contributed by atoms with Crippen molar-refractivity contribution in [3.05, 3.63) is 107 Å². The van der Waals surface area contributed by atoms with E-state index in [1.54, 1.807) is 0 Å². The van der Waals surface area contributed by atoms with Gasteiger partial charge in [0.2, 0.25) is 5.91 Å². The Morgan fingerprint density at radius 2 is 1.55 bits per heavy atom. The average molecular weight is 446 g/mol. The maximum absolute atomic E-state index is 12.8. The summed E-state index contributed by atoms with van der Waals surface area (Å²) in [5.41, 5.74) is 2.73. The number of hydrogen-bond acceptors (Lipinski definition) is 2. The van der Waals surface area contributed by atoms with Crippen LogP contribution in [0.2, 0.25) is 0 Å². The number of carbonyl (C=O) groups is 1. The molecule has 0 aliphatic rings. The number of carbonyl (C=O) groups excluding carboxylic acids is 1. The van der Waals surface area contributed by atoms with Crippen LogP contribution in [0.5, 0.6) is 5.75 Å². The quantitative estimate of drug-likeness (QED) is 0.374. The molecule has 0 atom stereocenters. The molecule has 0 spiro atoms. The molecule has 0 aliphatic heterocycles. The molecule has 4 heteroatoms. The smallest absolute Gasteiger partial charge is 0.228 e. The van der Waals surface area contributed by atoms with Crippen molar-refractivity contribution in [1.29, 1.82) is 0 Å². The van der Waals surface area contributed by atoms with Crippen molar-refractivity contribution in [3.8, 4) is 5.75 Å². The second kappa shape index (κ2) is 8.93. The number of rotatable bonds is 6. The summed E-state index contributed by atoms with van der Waals surface area (Å²) in [5.74, 6) is 0.619. The Labute approximate surface area is 178 Å². The Morgan fingerprint density at radius 1 is 0.828 bits per heavy atom. The van der Waals surface area contributed by atoms with Crippen molar-refractivity contribution in [3.63, 3.8) is 0 Å². The standard InChI is InChI=1S/C25H20BrNO2/c26-22-14-6-12-20(25(22)29-17-18-8-2-1-3-9-18)16-24(28)27-23-15-7-11-19-10-4-5-13-21(19)23/h1-15H,16-17H2,(H,27,28). The highest BCUT2D eigenvalue weighted by Gasteiger charge is 2.13.